The number of aromatic nitrogens is 3. The van der Waals surface area contributed by atoms with Gasteiger partial charge in [0.1, 0.15) is 17.4 Å². The first-order valence-corrected chi connectivity index (χ1v) is 9.31. The van der Waals surface area contributed by atoms with Gasteiger partial charge in [-0.1, -0.05) is 29.8 Å². The fraction of sp³-hybridized carbons (Fsp3) is 0.235. The molecule has 24 heavy (non-hydrogen) atoms. The number of hydrogen-bond donors (Lipinski definition) is 0. The van der Waals surface area contributed by atoms with E-state index in [1.54, 1.807) is 11.3 Å². The highest BCUT2D eigenvalue weighted by molar-refractivity contribution is 7.15. The molecule has 1 aliphatic heterocycles. The summed E-state index contributed by atoms with van der Waals surface area (Å²) in [5.74, 6) is 2.29. The topological polar surface area (TPSA) is 43.1 Å². The Morgan fingerprint density at radius 1 is 1.21 bits per heavy atom. The van der Waals surface area contributed by atoms with Crippen LogP contribution in [0.15, 0.2) is 35.3 Å². The third kappa shape index (κ3) is 2.57. The summed E-state index contributed by atoms with van der Waals surface area (Å²) < 4.78 is 2.09. The van der Waals surface area contributed by atoms with E-state index in [2.05, 4.69) is 20.8 Å². The standard InChI is InChI=1S/C17H14Cl2N4S/c1-10-21-22-15-9-20-16(12-4-2-3-5-14(12)19)13-8-11(6-7-18)24-17(13)23(10)15/h2-5,8H,6-7,9H2,1H3. The molecule has 0 unspecified atom stereocenters. The number of rotatable bonds is 3. The Hall–Kier alpha value is -1.69. The van der Waals surface area contributed by atoms with Gasteiger partial charge in [-0.25, -0.2) is 0 Å². The molecule has 7 heteroatoms. The van der Waals surface area contributed by atoms with Crippen molar-refractivity contribution in [2.45, 2.75) is 19.9 Å². The summed E-state index contributed by atoms with van der Waals surface area (Å²) in [6.45, 7) is 2.44. The summed E-state index contributed by atoms with van der Waals surface area (Å²) in [4.78, 5) is 6.02. The summed E-state index contributed by atoms with van der Waals surface area (Å²) in [6, 6.07) is 9.96. The summed E-state index contributed by atoms with van der Waals surface area (Å²) in [5.41, 5.74) is 2.90. The lowest BCUT2D eigenvalue weighted by molar-refractivity contribution is 0.869. The predicted octanol–water partition coefficient (Wildman–Crippen LogP) is 4.42. The Labute approximate surface area is 153 Å². The van der Waals surface area contributed by atoms with Crippen LogP contribution in [-0.2, 0) is 13.0 Å². The van der Waals surface area contributed by atoms with E-state index in [0.29, 0.717) is 17.4 Å². The van der Waals surface area contributed by atoms with E-state index in [1.165, 1.54) is 4.88 Å². The van der Waals surface area contributed by atoms with E-state index >= 15 is 0 Å². The normalized spacial score (nSPS) is 13.2. The zero-order valence-corrected chi connectivity index (χ0v) is 15.3. The molecule has 0 aliphatic carbocycles. The highest BCUT2D eigenvalue weighted by Crippen LogP contribution is 2.34. The Morgan fingerprint density at radius 3 is 2.83 bits per heavy atom. The minimum atomic E-state index is 0.480. The lowest BCUT2D eigenvalue weighted by Gasteiger charge is -2.08. The summed E-state index contributed by atoms with van der Waals surface area (Å²) in [5, 5.41) is 10.3. The Balaban J connectivity index is 1.96. The van der Waals surface area contributed by atoms with Crippen LogP contribution in [0.3, 0.4) is 0 Å². The minimum Gasteiger partial charge on any atom is -0.276 e. The van der Waals surface area contributed by atoms with Crippen molar-refractivity contribution in [1.29, 1.82) is 0 Å². The van der Waals surface area contributed by atoms with E-state index in [-0.39, 0.29) is 0 Å². The quantitative estimate of drug-likeness (QED) is 0.634. The third-order valence-corrected chi connectivity index (χ3v) is 5.66. The molecule has 4 nitrogen and oxygen atoms in total. The van der Waals surface area contributed by atoms with Crippen molar-refractivity contribution in [2.24, 2.45) is 4.99 Å². The zero-order chi connectivity index (χ0) is 16.7. The predicted molar refractivity (Wildman–Crippen MR) is 99.2 cm³/mol. The van der Waals surface area contributed by atoms with Gasteiger partial charge in [-0.05, 0) is 25.5 Å². The number of benzene rings is 1. The maximum absolute atomic E-state index is 6.43. The number of hydrogen-bond acceptors (Lipinski definition) is 4. The van der Waals surface area contributed by atoms with Crippen LogP contribution in [0.4, 0.5) is 0 Å². The lowest BCUT2D eigenvalue weighted by atomic mass is 10.0. The van der Waals surface area contributed by atoms with Crippen molar-refractivity contribution in [2.75, 3.05) is 5.88 Å². The zero-order valence-electron chi connectivity index (χ0n) is 13.0. The third-order valence-electron chi connectivity index (χ3n) is 3.96. The van der Waals surface area contributed by atoms with Gasteiger partial charge in [-0.3, -0.25) is 9.56 Å². The van der Waals surface area contributed by atoms with Crippen LogP contribution in [0, 0.1) is 6.92 Å². The van der Waals surface area contributed by atoms with Crippen molar-refractivity contribution >= 4 is 40.3 Å². The smallest absolute Gasteiger partial charge is 0.160 e. The number of aryl methyl sites for hydroxylation is 2. The minimum absolute atomic E-state index is 0.480. The molecule has 2 aromatic heterocycles. The van der Waals surface area contributed by atoms with Crippen molar-refractivity contribution in [3.8, 4) is 5.00 Å². The Kier molecular flexibility index (Phi) is 4.16. The first-order valence-electron chi connectivity index (χ1n) is 7.58. The summed E-state index contributed by atoms with van der Waals surface area (Å²) in [7, 11) is 0. The van der Waals surface area contributed by atoms with Crippen molar-refractivity contribution in [3.63, 3.8) is 0 Å². The fourth-order valence-corrected chi connectivity index (χ4v) is 4.64. The molecule has 0 amide bonds. The van der Waals surface area contributed by atoms with Crippen LogP contribution in [0.5, 0.6) is 0 Å². The van der Waals surface area contributed by atoms with Gasteiger partial charge in [0.15, 0.2) is 5.82 Å². The average Bonchev–Trinajstić information content (AvgIpc) is 3.09. The lowest BCUT2D eigenvalue weighted by Crippen LogP contribution is -2.05. The van der Waals surface area contributed by atoms with Gasteiger partial charge in [0, 0.05) is 26.9 Å². The average molecular weight is 377 g/mol. The summed E-state index contributed by atoms with van der Waals surface area (Å²) >= 11 is 14.1. The van der Waals surface area contributed by atoms with Gasteiger partial charge >= 0.3 is 0 Å². The maximum atomic E-state index is 6.43. The Morgan fingerprint density at radius 2 is 2.04 bits per heavy atom. The van der Waals surface area contributed by atoms with Crippen molar-refractivity contribution in [3.05, 3.63) is 63.0 Å². The molecule has 0 atom stereocenters. The number of nitrogens with zero attached hydrogens (tertiary/aromatic N) is 4. The second kappa shape index (κ2) is 6.31. The second-order valence-electron chi connectivity index (χ2n) is 5.51. The molecule has 122 valence electrons. The van der Waals surface area contributed by atoms with Crippen LogP contribution in [0.1, 0.15) is 27.7 Å². The van der Waals surface area contributed by atoms with Gasteiger partial charge in [0.05, 0.1) is 5.71 Å². The molecule has 3 aromatic rings. The highest BCUT2D eigenvalue weighted by atomic mass is 35.5. The van der Waals surface area contributed by atoms with E-state index in [4.69, 9.17) is 28.2 Å². The molecule has 0 radical (unpaired) electrons. The molecular formula is C17H14Cl2N4S. The number of thiophene rings is 1. The van der Waals surface area contributed by atoms with Crippen LogP contribution < -0.4 is 0 Å². The van der Waals surface area contributed by atoms with E-state index in [9.17, 15) is 0 Å². The number of fused-ring (bicyclic) bond motifs is 3. The SMILES string of the molecule is Cc1nnc2n1-c1sc(CCCl)cc1C(c1ccccc1Cl)=NC2. The van der Waals surface area contributed by atoms with Crippen molar-refractivity contribution < 1.29 is 0 Å². The number of alkyl halides is 1. The van der Waals surface area contributed by atoms with Gasteiger partial charge < -0.3 is 0 Å². The first-order chi connectivity index (χ1) is 11.7. The molecule has 0 saturated carbocycles. The van der Waals surface area contributed by atoms with Gasteiger partial charge in [0.2, 0.25) is 0 Å². The number of aliphatic imine (C=N–C) groups is 1. The van der Waals surface area contributed by atoms with Crippen LogP contribution in [0.2, 0.25) is 5.02 Å². The van der Waals surface area contributed by atoms with Gasteiger partial charge in [-0.2, -0.15) is 0 Å². The van der Waals surface area contributed by atoms with E-state index in [0.717, 1.165) is 39.9 Å². The molecule has 0 N–H and O–H groups in total. The van der Waals surface area contributed by atoms with Gasteiger partial charge in [0.25, 0.3) is 0 Å². The van der Waals surface area contributed by atoms with Crippen LogP contribution in [-0.4, -0.2) is 26.4 Å². The molecule has 0 bridgehead atoms. The molecule has 0 fully saturated rings. The van der Waals surface area contributed by atoms with Crippen LogP contribution >= 0.6 is 34.5 Å². The van der Waals surface area contributed by atoms with Gasteiger partial charge in [-0.15, -0.1) is 33.1 Å². The molecule has 0 saturated heterocycles. The van der Waals surface area contributed by atoms with E-state index in [1.807, 2.05) is 31.2 Å². The van der Waals surface area contributed by atoms with Crippen LogP contribution in [0.25, 0.3) is 5.00 Å². The molecule has 0 spiro atoms. The second-order valence-corrected chi connectivity index (χ2v) is 7.41. The van der Waals surface area contributed by atoms with E-state index < -0.39 is 0 Å². The highest BCUT2D eigenvalue weighted by Gasteiger charge is 2.25. The first kappa shape index (κ1) is 15.8. The molecule has 1 aliphatic rings. The molecular weight excluding hydrogens is 363 g/mol. The maximum Gasteiger partial charge on any atom is 0.160 e. The summed E-state index contributed by atoms with van der Waals surface area (Å²) in [6.07, 6.45) is 0.825. The Bertz CT molecular complexity index is 942. The molecule has 4 rings (SSSR count). The monoisotopic (exact) mass is 376 g/mol. The largest absolute Gasteiger partial charge is 0.276 e. The molecule has 1 aromatic carbocycles. The van der Waals surface area contributed by atoms with Crippen molar-refractivity contribution in [1.82, 2.24) is 14.8 Å². The fourth-order valence-electron chi connectivity index (χ4n) is 2.87. The number of halogens is 2. The molecule has 3 heterocycles.